The Morgan fingerprint density at radius 2 is 2.18 bits per heavy atom. The fourth-order valence-electron chi connectivity index (χ4n) is 3.69. The van der Waals surface area contributed by atoms with E-state index in [0.717, 1.165) is 45.1 Å². The monoisotopic (exact) mass is 413 g/mol. The van der Waals surface area contributed by atoms with E-state index in [1.165, 1.54) is 28.6 Å². The van der Waals surface area contributed by atoms with Crippen molar-refractivity contribution < 1.29 is 14.3 Å². The molecule has 1 atom stereocenters. The lowest BCUT2D eigenvalue weighted by molar-refractivity contribution is -0.119. The summed E-state index contributed by atoms with van der Waals surface area (Å²) in [7, 11) is 0. The largest absolute Gasteiger partial charge is 0.454 e. The van der Waals surface area contributed by atoms with Crippen LogP contribution in [0.15, 0.2) is 29.6 Å². The minimum atomic E-state index is -0.113. The van der Waals surface area contributed by atoms with E-state index in [-0.39, 0.29) is 18.7 Å². The van der Waals surface area contributed by atoms with E-state index in [1.807, 2.05) is 25.1 Å². The number of ether oxygens (including phenoxy) is 2. The van der Waals surface area contributed by atoms with Gasteiger partial charge in [-0.1, -0.05) is 17.8 Å². The Bertz CT molecular complexity index is 1070. The number of nitrogens with one attached hydrogen (secondary N) is 1. The van der Waals surface area contributed by atoms with E-state index < -0.39 is 0 Å². The summed E-state index contributed by atoms with van der Waals surface area (Å²) in [6, 6.07) is 5.64. The Morgan fingerprint density at radius 1 is 1.29 bits per heavy atom. The lowest BCUT2D eigenvalue weighted by Crippen LogP contribution is -2.28. The van der Waals surface area contributed by atoms with Gasteiger partial charge in [0.2, 0.25) is 12.7 Å². The molecule has 144 valence electrons. The molecule has 0 saturated carbocycles. The fourth-order valence-corrected chi connectivity index (χ4v) is 5.82. The van der Waals surface area contributed by atoms with Gasteiger partial charge in [-0.25, -0.2) is 9.97 Å². The van der Waals surface area contributed by atoms with Crippen molar-refractivity contribution in [2.75, 3.05) is 12.5 Å². The zero-order chi connectivity index (χ0) is 19.1. The van der Waals surface area contributed by atoms with Crippen LogP contribution in [0, 0.1) is 0 Å². The number of rotatable bonds is 5. The van der Waals surface area contributed by atoms with Crippen molar-refractivity contribution in [3.05, 3.63) is 40.5 Å². The molecule has 0 saturated heterocycles. The van der Waals surface area contributed by atoms with Crippen LogP contribution in [0.3, 0.4) is 0 Å². The fraction of sp³-hybridized carbons (Fsp3) is 0.350. The minimum absolute atomic E-state index is 0.0196. The molecule has 28 heavy (non-hydrogen) atoms. The summed E-state index contributed by atoms with van der Waals surface area (Å²) < 4.78 is 10.8. The maximum Gasteiger partial charge on any atom is 0.231 e. The molecule has 0 spiro atoms. The summed E-state index contributed by atoms with van der Waals surface area (Å²) in [4.78, 5) is 23.9. The SMILES string of the molecule is C[C@H](NC(=O)CSc1ncnc2sc3c(c12)CCC3)c1ccc2c(c1)OCO2. The Kier molecular flexibility index (Phi) is 4.60. The first-order chi connectivity index (χ1) is 13.7. The zero-order valence-corrected chi connectivity index (χ0v) is 17.0. The number of thioether (sulfide) groups is 1. The summed E-state index contributed by atoms with van der Waals surface area (Å²) in [5, 5.41) is 5.12. The van der Waals surface area contributed by atoms with Crippen molar-refractivity contribution in [3.63, 3.8) is 0 Å². The molecular weight excluding hydrogens is 394 g/mol. The Hall–Kier alpha value is -2.32. The van der Waals surface area contributed by atoms with E-state index >= 15 is 0 Å². The van der Waals surface area contributed by atoms with Gasteiger partial charge < -0.3 is 14.8 Å². The molecule has 1 aromatic carbocycles. The van der Waals surface area contributed by atoms with Crippen molar-refractivity contribution in [1.82, 2.24) is 15.3 Å². The number of carbonyl (C=O) groups is 1. The van der Waals surface area contributed by atoms with Gasteiger partial charge in [-0.2, -0.15) is 0 Å². The quantitative estimate of drug-likeness (QED) is 0.506. The van der Waals surface area contributed by atoms with Crippen molar-refractivity contribution in [1.29, 1.82) is 0 Å². The first-order valence-corrected chi connectivity index (χ1v) is 11.1. The second-order valence-corrected chi connectivity index (χ2v) is 8.95. The van der Waals surface area contributed by atoms with Crippen LogP contribution in [0.2, 0.25) is 0 Å². The van der Waals surface area contributed by atoms with E-state index in [9.17, 15) is 4.79 Å². The molecule has 6 nitrogen and oxygen atoms in total. The molecule has 2 aromatic heterocycles. The molecule has 1 aliphatic heterocycles. The highest BCUT2D eigenvalue weighted by Crippen LogP contribution is 2.40. The summed E-state index contributed by atoms with van der Waals surface area (Å²) in [5.74, 6) is 1.77. The molecule has 3 aromatic rings. The number of nitrogens with zero attached hydrogens (tertiary/aromatic N) is 2. The molecule has 1 N–H and O–H groups in total. The molecule has 0 unspecified atom stereocenters. The number of amides is 1. The van der Waals surface area contributed by atoms with Gasteiger partial charge in [0.15, 0.2) is 11.5 Å². The van der Waals surface area contributed by atoms with Crippen LogP contribution in [0.4, 0.5) is 0 Å². The third-order valence-corrected chi connectivity index (χ3v) is 7.27. The van der Waals surface area contributed by atoms with E-state index in [2.05, 4.69) is 15.3 Å². The number of aryl methyl sites for hydroxylation is 2. The van der Waals surface area contributed by atoms with Crippen LogP contribution < -0.4 is 14.8 Å². The lowest BCUT2D eigenvalue weighted by atomic mass is 10.1. The molecule has 3 heterocycles. The maximum absolute atomic E-state index is 12.5. The predicted octanol–water partition coefficient (Wildman–Crippen LogP) is 3.88. The molecule has 0 bridgehead atoms. The van der Waals surface area contributed by atoms with Crippen LogP contribution in [0.1, 0.15) is 35.4 Å². The first-order valence-electron chi connectivity index (χ1n) is 9.26. The molecule has 2 aliphatic rings. The number of hydrogen-bond acceptors (Lipinski definition) is 7. The smallest absolute Gasteiger partial charge is 0.231 e. The van der Waals surface area contributed by atoms with E-state index in [4.69, 9.17) is 9.47 Å². The van der Waals surface area contributed by atoms with Crippen LogP contribution in [-0.2, 0) is 17.6 Å². The highest BCUT2D eigenvalue weighted by molar-refractivity contribution is 8.00. The molecule has 8 heteroatoms. The number of benzene rings is 1. The Labute approximate surface area is 170 Å². The normalized spacial score (nSPS) is 15.6. The number of carbonyl (C=O) groups excluding carboxylic acids is 1. The molecule has 0 radical (unpaired) electrons. The van der Waals surface area contributed by atoms with Gasteiger partial charge in [-0.05, 0) is 49.4 Å². The average molecular weight is 414 g/mol. The van der Waals surface area contributed by atoms with Gasteiger partial charge in [0, 0.05) is 10.3 Å². The van der Waals surface area contributed by atoms with Crippen molar-refractivity contribution in [2.24, 2.45) is 0 Å². The minimum Gasteiger partial charge on any atom is -0.454 e. The second kappa shape index (κ2) is 7.25. The molecule has 5 rings (SSSR count). The highest BCUT2D eigenvalue weighted by atomic mass is 32.2. The van der Waals surface area contributed by atoms with Crippen molar-refractivity contribution in [3.8, 4) is 11.5 Å². The molecule has 1 amide bonds. The van der Waals surface area contributed by atoms with Crippen molar-refractivity contribution >= 4 is 39.2 Å². The van der Waals surface area contributed by atoms with Crippen LogP contribution >= 0.6 is 23.1 Å². The van der Waals surface area contributed by atoms with Gasteiger partial charge >= 0.3 is 0 Å². The topological polar surface area (TPSA) is 73.3 Å². The number of fused-ring (bicyclic) bond motifs is 4. The Balaban J connectivity index is 1.26. The second-order valence-electron chi connectivity index (χ2n) is 6.91. The summed E-state index contributed by atoms with van der Waals surface area (Å²) >= 11 is 3.25. The van der Waals surface area contributed by atoms with Crippen LogP contribution in [0.25, 0.3) is 10.2 Å². The number of aromatic nitrogens is 2. The highest BCUT2D eigenvalue weighted by Gasteiger charge is 2.22. The van der Waals surface area contributed by atoms with Crippen LogP contribution in [-0.4, -0.2) is 28.4 Å². The van der Waals surface area contributed by atoms with Gasteiger partial charge in [0.1, 0.15) is 16.2 Å². The van der Waals surface area contributed by atoms with Gasteiger partial charge in [-0.3, -0.25) is 4.79 Å². The number of thiophene rings is 1. The predicted molar refractivity (Wildman–Crippen MR) is 109 cm³/mol. The standard InChI is InChI=1S/C20H19N3O3S2/c1-11(12-5-6-14-15(7-12)26-10-25-14)23-17(24)8-27-19-18-13-3-2-4-16(13)28-20(18)22-9-21-19/h5-7,9,11H,2-4,8,10H2,1H3,(H,23,24)/t11-/m0/s1. The zero-order valence-electron chi connectivity index (χ0n) is 15.4. The van der Waals surface area contributed by atoms with Gasteiger partial charge in [0.25, 0.3) is 0 Å². The Morgan fingerprint density at radius 3 is 3.11 bits per heavy atom. The van der Waals surface area contributed by atoms with Crippen molar-refractivity contribution in [2.45, 2.75) is 37.3 Å². The number of hydrogen-bond donors (Lipinski definition) is 1. The van der Waals surface area contributed by atoms with E-state index in [0.29, 0.717) is 5.75 Å². The molecular formula is C20H19N3O3S2. The lowest BCUT2D eigenvalue weighted by Gasteiger charge is -2.14. The molecule has 1 aliphatic carbocycles. The van der Waals surface area contributed by atoms with E-state index in [1.54, 1.807) is 17.7 Å². The summed E-state index contributed by atoms with van der Waals surface area (Å²) in [6.07, 6.45) is 5.02. The third kappa shape index (κ3) is 3.20. The molecule has 0 fully saturated rings. The maximum atomic E-state index is 12.5. The third-order valence-electron chi connectivity index (χ3n) is 5.08. The van der Waals surface area contributed by atoms with Crippen LogP contribution in [0.5, 0.6) is 11.5 Å². The van der Waals surface area contributed by atoms with Gasteiger partial charge in [-0.15, -0.1) is 11.3 Å². The van der Waals surface area contributed by atoms with Gasteiger partial charge in [0.05, 0.1) is 11.8 Å². The first kappa shape index (κ1) is 17.8. The average Bonchev–Trinajstić information content (AvgIpc) is 3.40. The summed E-state index contributed by atoms with van der Waals surface area (Å²) in [6.45, 7) is 2.21. The summed E-state index contributed by atoms with van der Waals surface area (Å²) in [5.41, 5.74) is 2.37.